The molecule has 0 saturated heterocycles. The van der Waals surface area contributed by atoms with Gasteiger partial charge in [0.1, 0.15) is 0 Å². The molecule has 0 amide bonds. The van der Waals surface area contributed by atoms with Gasteiger partial charge < -0.3 is 9.44 Å². The van der Waals surface area contributed by atoms with Crippen molar-refractivity contribution in [3.8, 4) is 0 Å². The topological polar surface area (TPSA) is 57.4 Å². The zero-order valence-electron chi connectivity index (χ0n) is 9.44. The average molecular weight is 260 g/mol. The molecule has 0 saturated carbocycles. The molecule has 2 aromatic rings. The van der Waals surface area contributed by atoms with Gasteiger partial charge >= 0.3 is 0 Å². The summed E-state index contributed by atoms with van der Waals surface area (Å²) >= 11 is 1.50. The summed E-state index contributed by atoms with van der Waals surface area (Å²) in [5.41, 5.74) is 9.68. The summed E-state index contributed by atoms with van der Waals surface area (Å²) in [7, 11) is 0. The lowest BCUT2D eigenvalue weighted by atomic mass is 10.3. The number of benzene rings is 2. The van der Waals surface area contributed by atoms with Crippen LogP contribution in [0.25, 0.3) is 0 Å². The van der Waals surface area contributed by atoms with E-state index < -0.39 is 0 Å². The van der Waals surface area contributed by atoms with Gasteiger partial charge in [0.2, 0.25) is 0 Å². The smallest absolute Gasteiger partial charge is 0.0884 e. The van der Waals surface area contributed by atoms with Gasteiger partial charge in [-0.05, 0) is 24.3 Å². The minimum atomic E-state index is 0.984. The molecule has 2 aliphatic heterocycles. The molecule has 2 aromatic carbocycles. The van der Waals surface area contributed by atoms with Crippen molar-refractivity contribution in [2.24, 2.45) is 0 Å². The fourth-order valence-electron chi connectivity index (χ4n) is 1.59. The molecular weight excluding hydrogens is 248 g/mol. The second-order valence-electron chi connectivity index (χ2n) is 3.70. The lowest BCUT2D eigenvalue weighted by molar-refractivity contribution is 0.282. The van der Waals surface area contributed by atoms with Crippen molar-refractivity contribution in [1.82, 2.24) is 0 Å². The third-order valence-electron chi connectivity index (χ3n) is 2.50. The van der Waals surface area contributed by atoms with Crippen LogP contribution in [0.5, 0.6) is 0 Å². The summed E-state index contributed by atoms with van der Waals surface area (Å²) in [6.07, 6.45) is 0. The molecule has 4 N–H and O–H groups in total. The summed E-state index contributed by atoms with van der Waals surface area (Å²) in [6.45, 7) is 0. The van der Waals surface area contributed by atoms with Crippen molar-refractivity contribution in [2.45, 2.75) is 0 Å². The predicted octanol–water partition coefficient (Wildman–Crippen LogP) is 3.46. The second kappa shape index (κ2) is 5.07. The molecule has 6 heteroatoms. The molecule has 4 rings (SSSR count). The lowest BCUT2D eigenvalue weighted by Gasteiger charge is -1.91. The SMILES string of the molecule is c1ccc2c(c1)NON2.c1ccc2c(c1)NSN2. The fraction of sp³-hybridized carbons (Fsp3) is 0. The first-order chi connectivity index (χ1) is 8.93. The molecule has 0 fully saturated rings. The molecule has 2 heterocycles. The van der Waals surface area contributed by atoms with Gasteiger partial charge in [0.15, 0.2) is 0 Å². The zero-order chi connectivity index (χ0) is 12.2. The Labute approximate surface area is 109 Å². The first kappa shape index (κ1) is 11.1. The molecule has 0 aliphatic carbocycles. The standard InChI is InChI=1S/C6H6N2O.C6H6N2S/c2*1-2-4-6-5(3-1)7-9-8-6/h2*1-4,7-8H. The molecule has 92 valence electrons. The van der Waals surface area contributed by atoms with Gasteiger partial charge in [-0.15, -0.1) is 0 Å². The van der Waals surface area contributed by atoms with Gasteiger partial charge in [-0.2, -0.15) is 4.94 Å². The molecule has 0 radical (unpaired) electrons. The predicted molar refractivity (Wildman–Crippen MR) is 76.1 cm³/mol. The Morgan fingerprint density at radius 2 is 1.11 bits per heavy atom. The number of para-hydroxylation sites is 4. The van der Waals surface area contributed by atoms with Gasteiger partial charge in [0.05, 0.1) is 34.9 Å². The Bertz CT molecular complexity index is 454. The highest BCUT2D eigenvalue weighted by Gasteiger charge is 2.06. The third kappa shape index (κ3) is 2.29. The van der Waals surface area contributed by atoms with Crippen molar-refractivity contribution in [1.29, 1.82) is 0 Å². The molecule has 0 unspecified atom stereocenters. The van der Waals surface area contributed by atoms with Crippen molar-refractivity contribution in [3.63, 3.8) is 0 Å². The van der Waals surface area contributed by atoms with E-state index in [2.05, 4.69) is 20.4 Å². The maximum absolute atomic E-state index is 4.71. The Morgan fingerprint density at radius 1 is 0.667 bits per heavy atom. The van der Waals surface area contributed by atoms with E-state index in [0.29, 0.717) is 0 Å². The maximum atomic E-state index is 4.71. The number of nitrogens with one attached hydrogen (secondary N) is 4. The van der Waals surface area contributed by atoms with Crippen LogP contribution in [-0.4, -0.2) is 0 Å². The molecule has 18 heavy (non-hydrogen) atoms. The van der Waals surface area contributed by atoms with E-state index in [1.165, 1.54) is 23.5 Å². The van der Waals surface area contributed by atoms with Gasteiger partial charge in [-0.25, -0.2) is 11.0 Å². The van der Waals surface area contributed by atoms with E-state index in [1.807, 2.05) is 48.5 Å². The molecular formula is C12H12N4OS. The first-order valence-electron chi connectivity index (χ1n) is 5.47. The van der Waals surface area contributed by atoms with Crippen LogP contribution in [0.1, 0.15) is 0 Å². The summed E-state index contributed by atoms with van der Waals surface area (Å²) in [4.78, 5) is 4.71. The molecule has 0 bridgehead atoms. The summed E-state index contributed by atoms with van der Waals surface area (Å²) in [6, 6.07) is 15.9. The molecule has 0 aromatic heterocycles. The van der Waals surface area contributed by atoms with Gasteiger partial charge in [-0.1, -0.05) is 24.3 Å². The van der Waals surface area contributed by atoms with Gasteiger partial charge in [-0.3, -0.25) is 0 Å². The Kier molecular flexibility index (Phi) is 3.12. The molecule has 0 atom stereocenters. The maximum Gasteiger partial charge on any atom is 0.0884 e. The first-order valence-corrected chi connectivity index (χ1v) is 6.29. The van der Waals surface area contributed by atoms with Crippen LogP contribution in [-0.2, 0) is 4.94 Å². The largest absolute Gasteiger partial charge is 0.310 e. The minimum Gasteiger partial charge on any atom is -0.310 e. The third-order valence-corrected chi connectivity index (χ3v) is 3.14. The number of hydrogen-bond acceptors (Lipinski definition) is 6. The summed E-state index contributed by atoms with van der Waals surface area (Å²) in [5.74, 6) is 0. The quantitative estimate of drug-likeness (QED) is 0.544. The summed E-state index contributed by atoms with van der Waals surface area (Å²) < 4.78 is 6.21. The monoisotopic (exact) mass is 260 g/mol. The van der Waals surface area contributed by atoms with Crippen molar-refractivity contribution >= 4 is 34.9 Å². The Balaban J connectivity index is 0.000000111. The van der Waals surface area contributed by atoms with Crippen LogP contribution in [0.3, 0.4) is 0 Å². The van der Waals surface area contributed by atoms with E-state index in [0.717, 1.165) is 11.4 Å². The highest BCUT2D eigenvalue weighted by Crippen LogP contribution is 2.31. The van der Waals surface area contributed by atoms with Crippen LogP contribution >= 0.6 is 12.1 Å². The summed E-state index contributed by atoms with van der Waals surface area (Å²) in [5, 5.41) is 0. The molecule has 5 nitrogen and oxygen atoms in total. The molecule has 2 aliphatic rings. The van der Waals surface area contributed by atoms with Crippen molar-refractivity contribution < 1.29 is 4.94 Å². The number of hydrogen-bond donors (Lipinski definition) is 4. The van der Waals surface area contributed by atoms with E-state index in [9.17, 15) is 0 Å². The zero-order valence-corrected chi connectivity index (χ0v) is 10.3. The number of fused-ring (bicyclic) bond motifs is 2. The second-order valence-corrected chi connectivity index (χ2v) is 4.32. The Hall–Kier alpha value is -2.05. The van der Waals surface area contributed by atoms with Crippen molar-refractivity contribution in [3.05, 3.63) is 48.5 Å². The van der Waals surface area contributed by atoms with Crippen LogP contribution in [0.15, 0.2) is 48.5 Å². The van der Waals surface area contributed by atoms with E-state index in [4.69, 9.17) is 4.94 Å². The van der Waals surface area contributed by atoms with Crippen LogP contribution < -0.4 is 20.4 Å². The highest BCUT2D eigenvalue weighted by molar-refractivity contribution is 8.02. The van der Waals surface area contributed by atoms with Gasteiger partial charge in [0, 0.05) is 0 Å². The number of rotatable bonds is 0. The van der Waals surface area contributed by atoms with Crippen LogP contribution in [0, 0.1) is 0 Å². The normalized spacial score (nSPS) is 13.8. The molecule has 0 spiro atoms. The highest BCUT2D eigenvalue weighted by atomic mass is 32.2. The van der Waals surface area contributed by atoms with E-state index in [-0.39, 0.29) is 0 Å². The van der Waals surface area contributed by atoms with E-state index >= 15 is 0 Å². The fourth-order valence-corrected chi connectivity index (χ4v) is 2.22. The van der Waals surface area contributed by atoms with Gasteiger partial charge in [0.25, 0.3) is 0 Å². The average Bonchev–Trinajstić information content (AvgIpc) is 3.08. The van der Waals surface area contributed by atoms with E-state index in [1.54, 1.807) is 0 Å². The minimum absolute atomic E-state index is 0.984. The van der Waals surface area contributed by atoms with Crippen molar-refractivity contribution in [2.75, 3.05) is 20.4 Å². The lowest BCUT2D eigenvalue weighted by Crippen LogP contribution is -1.94. The van der Waals surface area contributed by atoms with Crippen LogP contribution in [0.4, 0.5) is 22.7 Å². The Morgan fingerprint density at radius 3 is 1.61 bits per heavy atom. The number of anilines is 4. The van der Waals surface area contributed by atoms with Crippen LogP contribution in [0.2, 0.25) is 0 Å².